The van der Waals surface area contributed by atoms with Gasteiger partial charge < -0.3 is 15.0 Å². The predicted molar refractivity (Wildman–Crippen MR) is 87.0 cm³/mol. The number of hydrogen-bond donors (Lipinski definition) is 1. The van der Waals surface area contributed by atoms with Crippen LogP contribution in [0.25, 0.3) is 0 Å². The summed E-state index contributed by atoms with van der Waals surface area (Å²) in [6, 6.07) is 9.23. The maximum absolute atomic E-state index is 11.8. The zero-order valence-electron chi connectivity index (χ0n) is 13.6. The normalized spacial score (nSPS) is 22.6. The fraction of sp³-hybridized carbons (Fsp3) is 0.611. The molecule has 0 spiro atoms. The quantitative estimate of drug-likeness (QED) is 0.909. The highest BCUT2D eigenvalue weighted by molar-refractivity contribution is 5.68. The van der Waals surface area contributed by atoms with Crippen LogP contribution >= 0.6 is 0 Å². The van der Waals surface area contributed by atoms with Crippen molar-refractivity contribution in [3.05, 3.63) is 35.4 Å². The largest absolute Gasteiger partial charge is 0.450 e. The molecule has 1 saturated carbocycles. The van der Waals surface area contributed by atoms with Crippen molar-refractivity contribution in [2.75, 3.05) is 19.7 Å². The molecule has 1 aromatic rings. The molecule has 2 fully saturated rings. The van der Waals surface area contributed by atoms with Crippen LogP contribution in [-0.4, -0.2) is 42.3 Å². The van der Waals surface area contributed by atoms with Crippen molar-refractivity contribution in [1.29, 1.82) is 0 Å². The van der Waals surface area contributed by atoms with Gasteiger partial charge in [-0.05, 0) is 45.1 Å². The van der Waals surface area contributed by atoms with Crippen LogP contribution in [0.3, 0.4) is 0 Å². The Hall–Kier alpha value is -1.55. The van der Waals surface area contributed by atoms with E-state index in [1.165, 1.54) is 24.0 Å². The van der Waals surface area contributed by atoms with Crippen molar-refractivity contribution in [2.45, 2.75) is 51.1 Å². The van der Waals surface area contributed by atoms with Crippen LogP contribution < -0.4 is 5.32 Å². The molecular formula is C18H26N2O2. The molecule has 1 aliphatic carbocycles. The number of aryl methyl sites for hydroxylation is 1. The lowest BCUT2D eigenvalue weighted by Crippen LogP contribution is -2.43. The number of carbonyl (C=O) groups is 1. The van der Waals surface area contributed by atoms with Crippen LogP contribution in [0.4, 0.5) is 4.79 Å². The smallest absolute Gasteiger partial charge is 0.409 e. The Morgan fingerprint density at radius 1 is 1.36 bits per heavy atom. The number of hydrogen-bond acceptors (Lipinski definition) is 3. The van der Waals surface area contributed by atoms with Gasteiger partial charge in [-0.2, -0.15) is 0 Å². The van der Waals surface area contributed by atoms with Gasteiger partial charge in [0, 0.05) is 24.7 Å². The van der Waals surface area contributed by atoms with Gasteiger partial charge in [0.05, 0.1) is 6.61 Å². The van der Waals surface area contributed by atoms with Gasteiger partial charge in [0.2, 0.25) is 0 Å². The molecule has 1 heterocycles. The molecule has 0 bridgehead atoms. The minimum Gasteiger partial charge on any atom is -0.450 e. The number of amides is 1. The number of nitrogens with one attached hydrogen (secondary N) is 1. The fourth-order valence-electron chi connectivity index (χ4n) is 3.31. The van der Waals surface area contributed by atoms with E-state index in [0.717, 1.165) is 25.9 Å². The topological polar surface area (TPSA) is 41.6 Å². The van der Waals surface area contributed by atoms with Crippen LogP contribution in [0.1, 0.15) is 37.3 Å². The molecule has 1 N–H and O–H groups in total. The molecule has 1 atom stereocenters. The summed E-state index contributed by atoms with van der Waals surface area (Å²) in [5.41, 5.74) is 2.96. The first-order valence-electron chi connectivity index (χ1n) is 8.35. The summed E-state index contributed by atoms with van der Waals surface area (Å²) in [7, 11) is 0. The maximum atomic E-state index is 11.8. The number of benzene rings is 1. The molecule has 120 valence electrons. The van der Waals surface area contributed by atoms with Crippen LogP contribution in [-0.2, 0) is 11.2 Å². The highest BCUT2D eigenvalue weighted by Crippen LogP contribution is 2.39. The Balaban J connectivity index is 1.53. The first-order chi connectivity index (χ1) is 10.6. The average molecular weight is 302 g/mol. The summed E-state index contributed by atoms with van der Waals surface area (Å²) in [6.07, 6.45) is 4.40. The second-order valence-corrected chi connectivity index (χ2v) is 6.72. The molecule has 0 aromatic heterocycles. The Morgan fingerprint density at radius 3 is 2.73 bits per heavy atom. The predicted octanol–water partition coefficient (Wildman–Crippen LogP) is 2.89. The van der Waals surface area contributed by atoms with Gasteiger partial charge in [0.25, 0.3) is 0 Å². The lowest BCUT2D eigenvalue weighted by atomic mass is 10.0. The summed E-state index contributed by atoms with van der Waals surface area (Å²) in [6.45, 7) is 6.00. The molecule has 4 heteroatoms. The van der Waals surface area contributed by atoms with Crippen molar-refractivity contribution >= 4 is 6.09 Å². The second kappa shape index (κ2) is 6.29. The van der Waals surface area contributed by atoms with Crippen molar-refractivity contribution in [1.82, 2.24) is 10.2 Å². The SMILES string of the molecule is CCOC(=O)N1CC[C@@H](NC2(Cc3ccc(C)cc3)CC2)C1. The Bertz CT molecular complexity index is 522. The zero-order chi connectivity index (χ0) is 15.6. The third-order valence-electron chi connectivity index (χ3n) is 4.74. The van der Waals surface area contributed by atoms with Gasteiger partial charge in [-0.25, -0.2) is 4.79 Å². The molecule has 4 nitrogen and oxygen atoms in total. The van der Waals surface area contributed by atoms with Crippen LogP contribution in [0.5, 0.6) is 0 Å². The van der Waals surface area contributed by atoms with E-state index < -0.39 is 0 Å². The van der Waals surface area contributed by atoms with Crippen LogP contribution in [0.2, 0.25) is 0 Å². The van der Waals surface area contributed by atoms with Gasteiger partial charge in [0.15, 0.2) is 0 Å². The van der Waals surface area contributed by atoms with Crippen LogP contribution in [0, 0.1) is 6.92 Å². The Kier molecular flexibility index (Phi) is 4.39. The van der Waals surface area contributed by atoms with Gasteiger partial charge in [0.1, 0.15) is 0 Å². The maximum Gasteiger partial charge on any atom is 0.409 e. The molecule has 0 radical (unpaired) electrons. The third kappa shape index (κ3) is 3.61. The Labute approximate surface area is 132 Å². The van der Waals surface area contributed by atoms with Crippen molar-refractivity contribution < 1.29 is 9.53 Å². The van der Waals surface area contributed by atoms with E-state index in [-0.39, 0.29) is 11.6 Å². The fourth-order valence-corrected chi connectivity index (χ4v) is 3.31. The third-order valence-corrected chi connectivity index (χ3v) is 4.74. The summed E-state index contributed by atoms with van der Waals surface area (Å²) in [5.74, 6) is 0. The molecular weight excluding hydrogens is 276 g/mol. The lowest BCUT2D eigenvalue weighted by molar-refractivity contribution is 0.114. The highest BCUT2D eigenvalue weighted by Gasteiger charge is 2.45. The first-order valence-corrected chi connectivity index (χ1v) is 8.35. The number of rotatable bonds is 5. The monoisotopic (exact) mass is 302 g/mol. The standard InChI is InChI=1S/C18H26N2O2/c1-3-22-17(21)20-11-8-16(13-20)19-18(9-10-18)12-15-6-4-14(2)5-7-15/h4-7,16,19H,3,8-13H2,1-2H3/t16-/m1/s1. The Morgan fingerprint density at radius 2 is 2.09 bits per heavy atom. The number of nitrogens with zero attached hydrogens (tertiary/aromatic N) is 1. The summed E-state index contributed by atoms with van der Waals surface area (Å²) < 4.78 is 5.09. The van der Waals surface area contributed by atoms with Crippen molar-refractivity contribution in [3.63, 3.8) is 0 Å². The summed E-state index contributed by atoms with van der Waals surface area (Å²) in [5, 5.41) is 3.81. The zero-order valence-corrected chi connectivity index (χ0v) is 13.6. The molecule has 0 unspecified atom stereocenters. The van der Waals surface area contributed by atoms with Gasteiger partial charge in [-0.15, -0.1) is 0 Å². The number of ether oxygens (including phenoxy) is 1. The van der Waals surface area contributed by atoms with Crippen molar-refractivity contribution in [2.24, 2.45) is 0 Å². The van der Waals surface area contributed by atoms with E-state index in [1.54, 1.807) is 0 Å². The van der Waals surface area contributed by atoms with Gasteiger partial charge >= 0.3 is 6.09 Å². The number of likely N-dealkylation sites (tertiary alicyclic amines) is 1. The lowest BCUT2D eigenvalue weighted by Gasteiger charge is -2.23. The van der Waals surface area contributed by atoms with E-state index in [4.69, 9.17) is 4.74 Å². The van der Waals surface area contributed by atoms with E-state index in [1.807, 2.05) is 11.8 Å². The molecule has 1 aromatic carbocycles. The van der Waals surface area contributed by atoms with Gasteiger partial charge in [-0.3, -0.25) is 0 Å². The molecule has 1 aliphatic heterocycles. The second-order valence-electron chi connectivity index (χ2n) is 6.72. The van der Waals surface area contributed by atoms with E-state index in [0.29, 0.717) is 12.6 Å². The highest BCUT2D eigenvalue weighted by atomic mass is 16.6. The molecule has 22 heavy (non-hydrogen) atoms. The minimum absolute atomic E-state index is 0.171. The minimum atomic E-state index is -0.171. The molecule has 3 rings (SSSR count). The van der Waals surface area contributed by atoms with E-state index in [9.17, 15) is 4.79 Å². The summed E-state index contributed by atoms with van der Waals surface area (Å²) >= 11 is 0. The molecule has 2 aliphatic rings. The number of carbonyl (C=O) groups excluding carboxylic acids is 1. The van der Waals surface area contributed by atoms with Crippen LogP contribution in [0.15, 0.2) is 24.3 Å². The summed E-state index contributed by atoms with van der Waals surface area (Å²) in [4.78, 5) is 13.6. The molecule has 1 saturated heterocycles. The van der Waals surface area contributed by atoms with E-state index >= 15 is 0 Å². The average Bonchev–Trinajstić information content (AvgIpc) is 3.07. The van der Waals surface area contributed by atoms with E-state index in [2.05, 4.69) is 36.5 Å². The first kappa shape index (κ1) is 15.3. The van der Waals surface area contributed by atoms with Gasteiger partial charge in [-0.1, -0.05) is 29.8 Å². The van der Waals surface area contributed by atoms with Crippen molar-refractivity contribution in [3.8, 4) is 0 Å². The molecule has 1 amide bonds.